The molecule has 1 saturated carbocycles. The molecule has 0 atom stereocenters. The van der Waals surface area contributed by atoms with Crippen molar-refractivity contribution in [2.24, 2.45) is 27.6 Å². The van der Waals surface area contributed by atoms with E-state index in [-0.39, 0.29) is 17.7 Å². The molecule has 1 fully saturated rings. The second-order valence-corrected chi connectivity index (χ2v) is 8.32. The van der Waals surface area contributed by atoms with Crippen molar-refractivity contribution in [3.8, 4) is 5.88 Å². The van der Waals surface area contributed by atoms with Gasteiger partial charge in [-0.1, -0.05) is 12.1 Å². The highest BCUT2D eigenvalue weighted by molar-refractivity contribution is 6.06. The zero-order valence-corrected chi connectivity index (χ0v) is 17.1. The van der Waals surface area contributed by atoms with E-state index in [0.29, 0.717) is 23.7 Å². The first-order chi connectivity index (χ1) is 15.1. The molecule has 1 aliphatic carbocycles. The number of anilines is 1. The highest BCUT2D eigenvalue weighted by Crippen LogP contribution is 2.35. The van der Waals surface area contributed by atoms with Crippen LogP contribution in [0.5, 0.6) is 5.88 Å². The number of H-pyrrole nitrogens is 1. The lowest BCUT2D eigenvalue weighted by Gasteiger charge is -2.26. The molecular formula is C24H25N5O2. The van der Waals surface area contributed by atoms with E-state index in [1.54, 1.807) is 0 Å². The molecule has 2 heterocycles. The summed E-state index contributed by atoms with van der Waals surface area (Å²) in [5, 5.41) is 16.2. The number of rotatable bonds is 4. The highest BCUT2D eigenvalue weighted by atomic mass is 16.3. The summed E-state index contributed by atoms with van der Waals surface area (Å²) in [4.78, 5) is 24.4. The van der Waals surface area contributed by atoms with Crippen LogP contribution in [-0.4, -0.2) is 28.9 Å². The average molecular weight is 415 g/mol. The maximum absolute atomic E-state index is 13.0. The van der Waals surface area contributed by atoms with E-state index in [0.717, 1.165) is 52.8 Å². The number of carbonyl (C=O) groups is 1. The molecular weight excluding hydrogens is 390 g/mol. The molecule has 158 valence electrons. The predicted octanol–water partition coefficient (Wildman–Crippen LogP) is 2.70. The molecule has 7 nitrogen and oxygen atoms in total. The molecule has 1 aliphatic heterocycles. The number of aliphatic imine (C=N–C) groups is 1. The van der Waals surface area contributed by atoms with Gasteiger partial charge in [-0.05, 0) is 73.7 Å². The molecule has 7 heteroatoms. The van der Waals surface area contributed by atoms with Gasteiger partial charge in [-0.15, -0.1) is 0 Å². The Hall–Kier alpha value is -3.45. The van der Waals surface area contributed by atoms with Crippen LogP contribution in [0.1, 0.15) is 31.2 Å². The number of benzene rings is 2. The third-order valence-electron chi connectivity index (χ3n) is 6.35. The van der Waals surface area contributed by atoms with Crippen LogP contribution in [0.15, 0.2) is 46.4 Å². The fourth-order valence-corrected chi connectivity index (χ4v) is 4.56. The van der Waals surface area contributed by atoms with Crippen molar-refractivity contribution in [3.63, 3.8) is 0 Å². The van der Waals surface area contributed by atoms with Crippen LogP contribution < -0.4 is 21.6 Å². The molecule has 2 aliphatic rings. The quantitative estimate of drug-likeness (QED) is 0.525. The number of aromatic amines is 1. The standard InChI is InChI=1S/C24H25N5O2/c25-12-14-4-7-16(8-5-14)23(30)28-19-2-1-3-20-22(19)17(24(31)29-20)10-15-6-9-18-21(11-15)27-13-26-18/h1-3,6,9-11,13-14,16,29,31H,4-5,7-8,12,25H2,(H,28,30)/b15-10+. The van der Waals surface area contributed by atoms with Crippen molar-refractivity contribution < 1.29 is 9.90 Å². The van der Waals surface area contributed by atoms with Crippen LogP contribution in [-0.2, 0) is 4.79 Å². The van der Waals surface area contributed by atoms with Gasteiger partial charge in [0, 0.05) is 16.9 Å². The van der Waals surface area contributed by atoms with Gasteiger partial charge in [0.05, 0.1) is 22.2 Å². The number of hydrogen-bond acceptors (Lipinski definition) is 5. The minimum Gasteiger partial charge on any atom is -0.494 e. The minimum atomic E-state index is -0.00338. The molecule has 0 bridgehead atoms. The lowest BCUT2D eigenvalue weighted by Crippen LogP contribution is -2.29. The number of nitrogens with two attached hydrogens (primary N) is 1. The molecule has 5 N–H and O–H groups in total. The second kappa shape index (κ2) is 8.00. The van der Waals surface area contributed by atoms with Gasteiger partial charge >= 0.3 is 0 Å². The number of carbonyl (C=O) groups excluding carboxylic acids is 1. The van der Waals surface area contributed by atoms with Crippen molar-refractivity contribution in [2.75, 3.05) is 11.9 Å². The molecule has 31 heavy (non-hydrogen) atoms. The van der Waals surface area contributed by atoms with E-state index in [1.165, 1.54) is 6.34 Å². The average Bonchev–Trinajstić information content (AvgIpc) is 3.38. The Kier molecular flexibility index (Phi) is 5.03. The number of amides is 1. The number of nitrogens with zero attached hydrogens (tertiary/aromatic N) is 2. The van der Waals surface area contributed by atoms with Crippen LogP contribution in [0.25, 0.3) is 17.0 Å². The number of aromatic hydroxyl groups is 1. The predicted molar refractivity (Wildman–Crippen MR) is 122 cm³/mol. The molecule has 0 unspecified atom stereocenters. The van der Waals surface area contributed by atoms with E-state index < -0.39 is 0 Å². The molecule has 5 rings (SSSR count). The topological polar surface area (TPSA) is 116 Å². The second-order valence-electron chi connectivity index (χ2n) is 8.32. The largest absolute Gasteiger partial charge is 0.494 e. The first-order valence-corrected chi connectivity index (χ1v) is 10.7. The van der Waals surface area contributed by atoms with Gasteiger partial charge in [0.15, 0.2) is 5.88 Å². The summed E-state index contributed by atoms with van der Waals surface area (Å²) in [6.07, 6.45) is 7.14. The lowest BCUT2D eigenvalue weighted by molar-refractivity contribution is -0.121. The third-order valence-corrected chi connectivity index (χ3v) is 6.35. The highest BCUT2D eigenvalue weighted by Gasteiger charge is 2.26. The van der Waals surface area contributed by atoms with E-state index >= 15 is 0 Å². The molecule has 0 spiro atoms. The van der Waals surface area contributed by atoms with Crippen LogP contribution in [0.3, 0.4) is 0 Å². The van der Waals surface area contributed by atoms with Crippen LogP contribution in [0.4, 0.5) is 11.4 Å². The lowest BCUT2D eigenvalue weighted by atomic mass is 9.81. The maximum Gasteiger partial charge on any atom is 0.227 e. The van der Waals surface area contributed by atoms with Crippen molar-refractivity contribution >= 4 is 40.6 Å². The first-order valence-electron chi connectivity index (χ1n) is 10.7. The summed E-state index contributed by atoms with van der Waals surface area (Å²) in [5.74, 6) is 0.619. The Bertz CT molecular complexity index is 1300. The summed E-state index contributed by atoms with van der Waals surface area (Å²) in [7, 11) is 0. The van der Waals surface area contributed by atoms with Gasteiger partial charge in [-0.3, -0.25) is 4.79 Å². The Labute approximate surface area is 179 Å². The Morgan fingerprint density at radius 1 is 1.23 bits per heavy atom. The number of hydrogen-bond donors (Lipinski definition) is 4. The zero-order chi connectivity index (χ0) is 21.4. The normalized spacial score (nSPS) is 20.6. The molecule has 2 aromatic carbocycles. The van der Waals surface area contributed by atoms with E-state index in [4.69, 9.17) is 5.73 Å². The van der Waals surface area contributed by atoms with Crippen molar-refractivity contribution in [3.05, 3.63) is 52.5 Å². The van der Waals surface area contributed by atoms with Crippen molar-refractivity contribution in [2.45, 2.75) is 25.7 Å². The summed E-state index contributed by atoms with van der Waals surface area (Å²) < 4.78 is 0. The van der Waals surface area contributed by atoms with E-state index in [1.807, 2.05) is 42.5 Å². The summed E-state index contributed by atoms with van der Waals surface area (Å²) in [6, 6.07) is 11.4. The Balaban J connectivity index is 1.49. The van der Waals surface area contributed by atoms with Crippen LogP contribution >= 0.6 is 0 Å². The first kappa shape index (κ1) is 19.5. The van der Waals surface area contributed by atoms with Crippen LogP contribution in [0.2, 0.25) is 0 Å². The zero-order valence-electron chi connectivity index (χ0n) is 17.1. The van der Waals surface area contributed by atoms with Gasteiger partial charge in [0.1, 0.15) is 6.34 Å². The summed E-state index contributed by atoms with van der Waals surface area (Å²) in [6.45, 7) is 0.692. The van der Waals surface area contributed by atoms with Gasteiger partial charge < -0.3 is 21.1 Å². The molecule has 1 aromatic heterocycles. The Morgan fingerprint density at radius 3 is 2.87 bits per heavy atom. The number of nitrogens with one attached hydrogen (secondary N) is 2. The van der Waals surface area contributed by atoms with E-state index in [2.05, 4.69) is 20.3 Å². The molecule has 3 aromatic rings. The van der Waals surface area contributed by atoms with E-state index in [9.17, 15) is 9.90 Å². The van der Waals surface area contributed by atoms with Crippen LogP contribution in [0, 0.1) is 11.8 Å². The van der Waals surface area contributed by atoms with Crippen molar-refractivity contribution in [1.82, 2.24) is 4.98 Å². The number of fused-ring (bicyclic) bond motifs is 2. The molecule has 0 saturated heterocycles. The summed E-state index contributed by atoms with van der Waals surface area (Å²) >= 11 is 0. The molecule has 1 amide bonds. The van der Waals surface area contributed by atoms with Gasteiger partial charge in [0.25, 0.3) is 0 Å². The van der Waals surface area contributed by atoms with Gasteiger partial charge in [-0.25, -0.2) is 9.98 Å². The van der Waals surface area contributed by atoms with Gasteiger partial charge in [0.2, 0.25) is 5.91 Å². The summed E-state index contributed by atoms with van der Waals surface area (Å²) in [5.41, 5.74) is 8.68. The fraction of sp³-hybridized carbons (Fsp3) is 0.292. The SMILES string of the molecule is NCC1CCC(C(=O)Nc2cccc3[nH]c(O)c(/C=c4\ccc5c(c4)N=CN=5)c23)CC1. The smallest absolute Gasteiger partial charge is 0.227 e. The minimum absolute atomic E-state index is 0.00338. The monoisotopic (exact) mass is 415 g/mol. The molecule has 0 radical (unpaired) electrons. The van der Waals surface area contributed by atoms with Gasteiger partial charge in [-0.2, -0.15) is 0 Å². The third kappa shape index (κ3) is 3.72. The number of aromatic nitrogens is 1. The maximum atomic E-state index is 13.0. The van der Waals surface area contributed by atoms with Crippen molar-refractivity contribution in [1.29, 1.82) is 0 Å². The fourth-order valence-electron chi connectivity index (χ4n) is 4.56. The Morgan fingerprint density at radius 2 is 2.06 bits per heavy atom.